The van der Waals surface area contributed by atoms with E-state index in [0.717, 1.165) is 29.2 Å². The predicted molar refractivity (Wildman–Crippen MR) is 145 cm³/mol. The van der Waals surface area contributed by atoms with Crippen molar-refractivity contribution in [3.05, 3.63) is 94.7 Å². The number of rotatable bonds is 6. The minimum Gasteiger partial charge on any atom is -0.354 e. The summed E-state index contributed by atoms with van der Waals surface area (Å²) < 4.78 is 11.1. The van der Waals surface area contributed by atoms with Gasteiger partial charge in [-0.1, -0.05) is 85.6 Å². The van der Waals surface area contributed by atoms with Crippen LogP contribution in [-0.2, 0) is 9.59 Å². The van der Waals surface area contributed by atoms with Crippen molar-refractivity contribution in [1.82, 2.24) is 5.32 Å². The van der Waals surface area contributed by atoms with Crippen LogP contribution in [0, 0.1) is 13.8 Å². The summed E-state index contributed by atoms with van der Waals surface area (Å²) in [6.45, 7) is 7.55. The van der Waals surface area contributed by atoms with E-state index in [-0.39, 0.29) is 11.4 Å². The maximum absolute atomic E-state index is 11.6. The van der Waals surface area contributed by atoms with Gasteiger partial charge in [-0.3, -0.25) is 9.59 Å². The normalized spacial score (nSPS) is 9.47. The van der Waals surface area contributed by atoms with E-state index in [1.165, 1.54) is 25.1 Å². The predicted octanol–water partition coefficient (Wildman–Crippen LogP) is 7.42. The topological polar surface area (TPSA) is 46.2 Å². The minimum atomic E-state index is -0.421. The number of Topliss-reactive ketones (excluding diaryl/α,β-unsaturated/α-hetero) is 1. The second-order valence-corrected chi connectivity index (χ2v) is 8.26. The monoisotopic (exact) mass is 479 g/mol. The summed E-state index contributed by atoms with van der Waals surface area (Å²) in [5.74, 6) is -0.0616. The molecule has 0 aromatic heterocycles. The Morgan fingerprint density at radius 3 is 2.06 bits per heavy atom. The number of benzene rings is 3. The SMILES string of the molecule is CCCCSF.CNC(=O)C(=C=Cc1ccc(C)c2ccccc12)C(C)=O.Cc1ccccc1. The largest absolute Gasteiger partial charge is 0.354 e. The molecule has 3 rings (SSSR count). The van der Waals surface area contributed by atoms with Gasteiger partial charge in [0.25, 0.3) is 5.91 Å². The van der Waals surface area contributed by atoms with Crippen molar-refractivity contribution in [2.24, 2.45) is 0 Å². The van der Waals surface area contributed by atoms with Crippen molar-refractivity contribution in [1.29, 1.82) is 0 Å². The molecule has 1 N–H and O–H groups in total. The van der Waals surface area contributed by atoms with E-state index in [9.17, 15) is 13.5 Å². The number of aryl methyl sites for hydroxylation is 2. The maximum Gasteiger partial charge on any atom is 0.262 e. The van der Waals surface area contributed by atoms with Crippen LogP contribution in [-0.4, -0.2) is 24.5 Å². The maximum atomic E-state index is 11.6. The smallest absolute Gasteiger partial charge is 0.262 e. The molecule has 0 unspecified atom stereocenters. The Labute approximate surface area is 207 Å². The Hall–Kier alpha value is -3.14. The number of ketones is 1. The van der Waals surface area contributed by atoms with Crippen molar-refractivity contribution in [3.8, 4) is 0 Å². The summed E-state index contributed by atoms with van der Waals surface area (Å²) in [7, 11) is 1.49. The molecule has 5 heteroatoms. The van der Waals surface area contributed by atoms with Gasteiger partial charge in [0, 0.05) is 24.9 Å². The highest BCUT2D eigenvalue weighted by atomic mass is 32.2. The molecule has 34 heavy (non-hydrogen) atoms. The van der Waals surface area contributed by atoms with Crippen molar-refractivity contribution in [2.45, 2.75) is 40.5 Å². The number of fused-ring (bicyclic) bond motifs is 1. The molecule has 180 valence electrons. The van der Waals surface area contributed by atoms with Gasteiger partial charge in [-0.25, -0.2) is 0 Å². The number of nitrogens with one attached hydrogen (secondary N) is 1. The number of amides is 1. The number of carbonyl (C=O) groups excluding carboxylic acids is 2. The Kier molecular flexibility index (Phi) is 14.0. The molecule has 0 aliphatic carbocycles. The van der Waals surface area contributed by atoms with Gasteiger partial charge in [0.05, 0.1) is 0 Å². The summed E-state index contributed by atoms with van der Waals surface area (Å²) in [4.78, 5) is 23.1. The molecule has 0 bridgehead atoms. The molecule has 3 aromatic rings. The first-order valence-electron chi connectivity index (χ1n) is 11.3. The zero-order chi connectivity index (χ0) is 25.3. The average Bonchev–Trinajstić information content (AvgIpc) is 2.85. The lowest BCUT2D eigenvalue weighted by Gasteiger charge is -2.05. The number of likely N-dealkylation sites (N-methyl/N-ethyl adjacent to an activating group) is 1. The molecule has 0 fully saturated rings. The second-order valence-electron chi connectivity index (χ2n) is 7.64. The van der Waals surface area contributed by atoms with Gasteiger partial charge in [-0.15, -0.1) is 5.73 Å². The van der Waals surface area contributed by atoms with Crippen LogP contribution < -0.4 is 5.32 Å². The third-order valence-electron chi connectivity index (χ3n) is 4.87. The highest BCUT2D eigenvalue weighted by Gasteiger charge is 2.11. The van der Waals surface area contributed by atoms with Gasteiger partial charge < -0.3 is 5.32 Å². The molecule has 0 saturated carbocycles. The summed E-state index contributed by atoms with van der Waals surface area (Å²) >= 11 is 0.426. The molecular formula is C29H34FNO2S. The number of hydrogen-bond donors (Lipinski definition) is 1. The molecule has 3 nitrogen and oxygen atoms in total. The van der Waals surface area contributed by atoms with E-state index in [0.29, 0.717) is 17.9 Å². The quantitative estimate of drug-likeness (QED) is 0.132. The average molecular weight is 480 g/mol. The molecule has 0 aliphatic rings. The van der Waals surface area contributed by atoms with Crippen LogP contribution in [0.3, 0.4) is 0 Å². The number of unbranched alkanes of at least 4 members (excludes halogenated alkanes) is 1. The van der Waals surface area contributed by atoms with E-state index in [1.54, 1.807) is 6.08 Å². The number of halogens is 1. The first kappa shape index (κ1) is 28.9. The lowest BCUT2D eigenvalue weighted by Crippen LogP contribution is -2.23. The Bertz CT molecular complexity index is 1120. The van der Waals surface area contributed by atoms with Gasteiger partial charge in [-0.2, -0.15) is 3.89 Å². The number of hydrogen-bond acceptors (Lipinski definition) is 3. The molecule has 3 aromatic carbocycles. The molecule has 0 spiro atoms. The third-order valence-corrected chi connectivity index (χ3v) is 5.31. The zero-order valence-electron chi connectivity index (χ0n) is 20.7. The molecular weight excluding hydrogens is 445 g/mol. The fourth-order valence-corrected chi connectivity index (χ4v) is 3.33. The molecule has 0 heterocycles. The van der Waals surface area contributed by atoms with Crippen molar-refractivity contribution in [3.63, 3.8) is 0 Å². The van der Waals surface area contributed by atoms with E-state index < -0.39 is 5.91 Å². The van der Waals surface area contributed by atoms with Crippen LogP contribution >= 0.6 is 12.1 Å². The van der Waals surface area contributed by atoms with Gasteiger partial charge in [0.15, 0.2) is 5.78 Å². The summed E-state index contributed by atoms with van der Waals surface area (Å²) in [6.07, 6.45) is 3.78. The lowest BCUT2D eigenvalue weighted by molar-refractivity contribution is -0.121. The fraction of sp³-hybridized carbons (Fsp3) is 0.276. The van der Waals surface area contributed by atoms with E-state index in [4.69, 9.17) is 0 Å². The van der Waals surface area contributed by atoms with Crippen LogP contribution in [0.15, 0.2) is 78.0 Å². The number of carbonyl (C=O) groups is 2. The summed E-state index contributed by atoms with van der Waals surface area (Å²) in [6, 6.07) is 22.3. The van der Waals surface area contributed by atoms with E-state index in [2.05, 4.69) is 50.0 Å². The second kappa shape index (κ2) is 16.5. The van der Waals surface area contributed by atoms with Gasteiger partial charge in [-0.05, 0) is 55.2 Å². The third kappa shape index (κ3) is 10.2. The fourth-order valence-electron chi connectivity index (χ4n) is 2.93. The lowest BCUT2D eigenvalue weighted by atomic mass is 10.00. The van der Waals surface area contributed by atoms with Crippen LogP contribution in [0.1, 0.15) is 43.4 Å². The Morgan fingerprint density at radius 1 is 0.971 bits per heavy atom. The van der Waals surface area contributed by atoms with Gasteiger partial charge >= 0.3 is 0 Å². The molecule has 0 saturated heterocycles. The molecule has 0 atom stereocenters. The van der Waals surface area contributed by atoms with Crippen LogP contribution in [0.4, 0.5) is 3.89 Å². The Morgan fingerprint density at radius 2 is 1.59 bits per heavy atom. The minimum absolute atomic E-state index is 0.0298. The van der Waals surface area contributed by atoms with Crippen molar-refractivity contribution in [2.75, 3.05) is 12.8 Å². The summed E-state index contributed by atoms with van der Waals surface area (Å²) in [5, 5.41) is 4.67. The first-order chi connectivity index (χ1) is 16.3. The van der Waals surface area contributed by atoms with E-state index in [1.807, 2.05) is 48.5 Å². The van der Waals surface area contributed by atoms with Crippen LogP contribution in [0.5, 0.6) is 0 Å². The Balaban J connectivity index is 0.000000362. The molecule has 0 aliphatic heterocycles. The molecule has 0 radical (unpaired) electrons. The highest BCUT2D eigenvalue weighted by molar-refractivity contribution is 7.94. The molecule has 1 amide bonds. The first-order valence-corrected chi connectivity index (χ1v) is 12.2. The van der Waals surface area contributed by atoms with Crippen LogP contribution in [0.2, 0.25) is 0 Å². The van der Waals surface area contributed by atoms with Gasteiger partial charge in [0.2, 0.25) is 0 Å². The van der Waals surface area contributed by atoms with E-state index >= 15 is 0 Å². The zero-order valence-corrected chi connectivity index (χ0v) is 21.5. The summed E-state index contributed by atoms with van der Waals surface area (Å²) in [5.41, 5.74) is 6.29. The highest BCUT2D eigenvalue weighted by Crippen LogP contribution is 2.23. The van der Waals surface area contributed by atoms with Crippen molar-refractivity contribution >= 4 is 40.7 Å². The van der Waals surface area contributed by atoms with Crippen molar-refractivity contribution < 1.29 is 13.5 Å². The van der Waals surface area contributed by atoms with Crippen LogP contribution in [0.25, 0.3) is 16.8 Å². The van der Waals surface area contributed by atoms with Gasteiger partial charge in [0.1, 0.15) is 5.57 Å². The standard InChI is InChI=1S/C18H17NO2.C7H8.C4H9FS/c1-12-8-9-14(17-7-5-4-6-15(12)17)10-11-16(13(2)20)18(21)19-3;1-7-5-3-2-4-6-7;1-2-3-4-6-5/h4-10H,1-3H3,(H,19,21);2-6H,1H3;2-4H2,1H3.